The second kappa shape index (κ2) is 8.25. The Bertz CT molecular complexity index is 191. The van der Waals surface area contributed by atoms with Gasteiger partial charge in [-0.05, 0) is 0 Å². The predicted molar refractivity (Wildman–Crippen MR) is 48.5 cm³/mol. The van der Waals surface area contributed by atoms with E-state index >= 15 is 0 Å². The smallest absolute Gasteiger partial charge is 0 e. The van der Waals surface area contributed by atoms with E-state index in [-0.39, 0.29) is 18.6 Å². The van der Waals surface area contributed by atoms with Crippen LogP contribution in [0.2, 0.25) is 0 Å². The number of hydrogen-bond donors (Lipinski definition) is 0. The Morgan fingerprint density at radius 1 is 0.500 bits per heavy atom. The molecule has 2 aromatic carbocycles. The molecule has 1 radical (unpaired) electrons. The molecule has 0 spiro atoms. The maximum Gasteiger partial charge on any atom is 0 e. The maximum atomic E-state index is 2.00. The van der Waals surface area contributed by atoms with Gasteiger partial charge in [0.25, 0.3) is 0 Å². The van der Waals surface area contributed by atoms with E-state index < -0.39 is 0 Å². The van der Waals surface area contributed by atoms with Gasteiger partial charge in [0.1, 0.15) is 0 Å². The molecule has 12 heavy (non-hydrogen) atoms. The zero-order valence-corrected chi connectivity index (χ0v) is 8.19. The molecule has 0 nitrogen and oxygen atoms in total. The second-order valence-electron chi connectivity index (χ2n) is 2.12. The summed E-state index contributed by atoms with van der Waals surface area (Å²) in [5, 5.41) is 0. The van der Waals surface area contributed by atoms with Crippen LogP contribution in [0.1, 0.15) is 0 Å². The minimum absolute atomic E-state index is 0. The molecule has 0 aromatic heterocycles. The van der Waals surface area contributed by atoms with Crippen molar-refractivity contribution in [2.75, 3.05) is 0 Å². The molecule has 2 rings (SSSR count). The monoisotopic (exact) mass is 194 g/mol. The summed E-state index contributed by atoms with van der Waals surface area (Å²) in [4.78, 5) is 0. The summed E-state index contributed by atoms with van der Waals surface area (Å²) in [5.74, 6) is 0. The molecule has 0 amide bonds. The van der Waals surface area contributed by atoms with Gasteiger partial charge in [0, 0.05) is 18.6 Å². The van der Waals surface area contributed by atoms with Crippen molar-refractivity contribution in [2.24, 2.45) is 0 Å². The van der Waals surface area contributed by atoms with E-state index in [1.165, 1.54) is 0 Å². The molecular formula is C11H11V-. The van der Waals surface area contributed by atoms with E-state index in [4.69, 9.17) is 0 Å². The van der Waals surface area contributed by atoms with Crippen LogP contribution in [0.25, 0.3) is 0 Å². The van der Waals surface area contributed by atoms with Crippen molar-refractivity contribution in [1.29, 1.82) is 0 Å². The van der Waals surface area contributed by atoms with Gasteiger partial charge < -0.3 is 0 Å². The minimum Gasteiger partial charge on any atom is -0.214 e. The van der Waals surface area contributed by atoms with E-state index in [0.717, 1.165) is 0 Å². The van der Waals surface area contributed by atoms with Crippen LogP contribution in [0, 0.1) is 0 Å². The number of benzene rings is 1. The fraction of sp³-hybridized carbons (Fsp3) is 0. The Balaban J connectivity index is 0.000000189. The Hall–Kier alpha value is -0.846. The van der Waals surface area contributed by atoms with Crippen molar-refractivity contribution in [3.05, 3.63) is 66.7 Å². The van der Waals surface area contributed by atoms with Crippen LogP contribution in [0.5, 0.6) is 0 Å². The number of hydrogen-bond acceptors (Lipinski definition) is 0. The largest absolute Gasteiger partial charge is 0.214 e. The summed E-state index contributed by atoms with van der Waals surface area (Å²) in [6, 6.07) is 22.0. The topological polar surface area (TPSA) is 0 Å². The first-order valence-corrected chi connectivity index (χ1v) is 3.67. The Morgan fingerprint density at radius 2 is 0.833 bits per heavy atom. The van der Waals surface area contributed by atoms with Crippen molar-refractivity contribution in [2.45, 2.75) is 0 Å². The Labute approximate surface area is 85.5 Å². The average Bonchev–Trinajstić information content (AvgIpc) is 2.64. The molecule has 0 saturated carbocycles. The molecule has 0 unspecified atom stereocenters. The Kier molecular flexibility index (Phi) is 7.67. The van der Waals surface area contributed by atoms with Gasteiger partial charge in [0.2, 0.25) is 0 Å². The molecule has 0 aliphatic carbocycles. The summed E-state index contributed by atoms with van der Waals surface area (Å²) in [6.45, 7) is 0. The van der Waals surface area contributed by atoms with Crippen molar-refractivity contribution in [1.82, 2.24) is 0 Å². The van der Waals surface area contributed by atoms with Crippen LogP contribution >= 0.6 is 0 Å². The van der Waals surface area contributed by atoms with Gasteiger partial charge in [-0.15, -0.1) is 0 Å². The first-order chi connectivity index (χ1) is 5.50. The molecule has 0 fully saturated rings. The normalized spacial score (nSPS) is 7.33. The van der Waals surface area contributed by atoms with Gasteiger partial charge >= 0.3 is 0 Å². The molecule has 1 heteroatoms. The molecule has 61 valence electrons. The van der Waals surface area contributed by atoms with E-state index in [2.05, 4.69) is 0 Å². The van der Waals surface area contributed by atoms with Crippen molar-refractivity contribution >= 4 is 0 Å². The van der Waals surface area contributed by atoms with Crippen LogP contribution in [0.3, 0.4) is 0 Å². The quantitative estimate of drug-likeness (QED) is 0.565. The summed E-state index contributed by atoms with van der Waals surface area (Å²) in [5.41, 5.74) is 0. The second-order valence-corrected chi connectivity index (χ2v) is 2.12. The fourth-order valence-corrected chi connectivity index (χ4v) is 0.706. The third-order valence-electron chi connectivity index (χ3n) is 1.22. The average molecular weight is 194 g/mol. The zero-order chi connectivity index (χ0) is 7.78. The van der Waals surface area contributed by atoms with Gasteiger partial charge in [-0.3, -0.25) is 0 Å². The standard InChI is InChI=1S/C6H6.C5H5.V/c1-2-4-6-5-3-1;1-2-4-5-3-1;/h1-6H;1-5H;/q;-1;. The Morgan fingerprint density at radius 3 is 1.00 bits per heavy atom. The van der Waals surface area contributed by atoms with Gasteiger partial charge in [-0.2, -0.15) is 18.2 Å². The molecule has 0 aliphatic rings. The van der Waals surface area contributed by atoms with Crippen LogP contribution < -0.4 is 0 Å². The van der Waals surface area contributed by atoms with Crippen molar-refractivity contribution < 1.29 is 18.6 Å². The SMILES string of the molecule is [V].c1cc[cH-]c1.c1ccccc1. The van der Waals surface area contributed by atoms with E-state index in [9.17, 15) is 0 Å². The molecule has 0 heterocycles. The summed E-state index contributed by atoms with van der Waals surface area (Å²) >= 11 is 0. The molecule has 0 bridgehead atoms. The van der Waals surface area contributed by atoms with Crippen molar-refractivity contribution in [3.8, 4) is 0 Å². The van der Waals surface area contributed by atoms with Crippen LogP contribution in [0.15, 0.2) is 66.7 Å². The molecule has 0 N–H and O–H groups in total. The van der Waals surface area contributed by atoms with Crippen molar-refractivity contribution in [3.63, 3.8) is 0 Å². The van der Waals surface area contributed by atoms with Gasteiger partial charge in [0.05, 0.1) is 0 Å². The van der Waals surface area contributed by atoms with E-state index in [1.54, 1.807) is 0 Å². The minimum atomic E-state index is 0. The zero-order valence-electron chi connectivity index (χ0n) is 6.80. The van der Waals surface area contributed by atoms with Gasteiger partial charge in [0.15, 0.2) is 0 Å². The summed E-state index contributed by atoms with van der Waals surface area (Å²) in [7, 11) is 0. The molecular weight excluding hydrogens is 183 g/mol. The third-order valence-corrected chi connectivity index (χ3v) is 1.22. The molecule has 0 saturated heterocycles. The maximum absolute atomic E-state index is 2.00. The fourth-order valence-electron chi connectivity index (χ4n) is 0.706. The van der Waals surface area contributed by atoms with Crippen LogP contribution in [-0.4, -0.2) is 0 Å². The van der Waals surface area contributed by atoms with E-state index in [0.29, 0.717) is 0 Å². The first-order valence-electron chi connectivity index (χ1n) is 3.67. The molecule has 0 atom stereocenters. The molecule has 0 aliphatic heterocycles. The van der Waals surface area contributed by atoms with Crippen LogP contribution in [0.4, 0.5) is 0 Å². The first kappa shape index (κ1) is 11.2. The predicted octanol–water partition coefficient (Wildman–Crippen LogP) is 3.09. The summed E-state index contributed by atoms with van der Waals surface area (Å²) in [6.07, 6.45) is 0. The van der Waals surface area contributed by atoms with Gasteiger partial charge in [-0.1, -0.05) is 36.4 Å². The van der Waals surface area contributed by atoms with Crippen LogP contribution in [-0.2, 0) is 18.6 Å². The summed E-state index contributed by atoms with van der Waals surface area (Å²) < 4.78 is 0. The third kappa shape index (κ3) is 5.90. The number of rotatable bonds is 0. The molecule has 2 aromatic rings. The van der Waals surface area contributed by atoms with E-state index in [1.807, 2.05) is 66.7 Å². The van der Waals surface area contributed by atoms with Gasteiger partial charge in [-0.25, -0.2) is 12.1 Å².